The molecule has 0 radical (unpaired) electrons. The number of amides is 1. The summed E-state index contributed by atoms with van der Waals surface area (Å²) in [4.78, 5) is 12.6. The molecular formula is C18H22N2O. The van der Waals surface area contributed by atoms with Crippen LogP contribution in [-0.4, -0.2) is 5.91 Å². The van der Waals surface area contributed by atoms with Crippen LogP contribution in [0, 0.1) is 13.8 Å². The summed E-state index contributed by atoms with van der Waals surface area (Å²) < 4.78 is 0. The van der Waals surface area contributed by atoms with E-state index in [1.807, 2.05) is 64.1 Å². The lowest BCUT2D eigenvalue weighted by Gasteiger charge is -2.25. The Bertz CT molecular complexity index is 657. The van der Waals surface area contributed by atoms with Crippen molar-refractivity contribution in [1.29, 1.82) is 0 Å². The van der Waals surface area contributed by atoms with Crippen molar-refractivity contribution in [3.8, 4) is 0 Å². The van der Waals surface area contributed by atoms with Crippen molar-refractivity contribution in [2.75, 3.05) is 11.1 Å². The molecule has 2 rings (SSSR count). The summed E-state index contributed by atoms with van der Waals surface area (Å²) >= 11 is 0. The molecule has 0 saturated heterocycles. The fourth-order valence-corrected chi connectivity index (χ4v) is 2.26. The standard InChI is InChI=1S/C18H22N2O/c1-12-5-10-16(13(2)11-12)20-17(21)18(3,4)14-6-8-15(19)9-7-14/h5-11H,19H2,1-4H3,(H,20,21). The van der Waals surface area contributed by atoms with Crippen LogP contribution in [0.15, 0.2) is 42.5 Å². The molecule has 0 unspecified atom stereocenters. The van der Waals surface area contributed by atoms with Crippen molar-refractivity contribution in [3.63, 3.8) is 0 Å². The third-order valence-electron chi connectivity index (χ3n) is 3.83. The van der Waals surface area contributed by atoms with Gasteiger partial charge in [0.25, 0.3) is 0 Å². The maximum atomic E-state index is 12.6. The summed E-state index contributed by atoms with van der Waals surface area (Å²) in [5.74, 6) is -0.0285. The van der Waals surface area contributed by atoms with Gasteiger partial charge in [0.1, 0.15) is 0 Å². The highest BCUT2D eigenvalue weighted by atomic mass is 16.2. The summed E-state index contributed by atoms with van der Waals surface area (Å²) in [5.41, 5.74) is 9.83. The molecule has 0 spiro atoms. The van der Waals surface area contributed by atoms with Gasteiger partial charge in [0, 0.05) is 11.4 Å². The lowest BCUT2D eigenvalue weighted by molar-refractivity contribution is -0.120. The highest BCUT2D eigenvalue weighted by Gasteiger charge is 2.29. The van der Waals surface area contributed by atoms with Crippen molar-refractivity contribution >= 4 is 17.3 Å². The quantitative estimate of drug-likeness (QED) is 0.841. The molecule has 3 nitrogen and oxygen atoms in total. The van der Waals surface area contributed by atoms with E-state index in [1.165, 1.54) is 5.56 Å². The topological polar surface area (TPSA) is 55.1 Å². The zero-order chi connectivity index (χ0) is 15.6. The van der Waals surface area contributed by atoms with Gasteiger partial charge in [0.2, 0.25) is 5.91 Å². The number of nitrogen functional groups attached to an aromatic ring is 1. The van der Waals surface area contributed by atoms with Crippen LogP contribution >= 0.6 is 0 Å². The lowest BCUT2D eigenvalue weighted by atomic mass is 9.83. The van der Waals surface area contributed by atoms with Crippen LogP contribution in [0.4, 0.5) is 11.4 Å². The number of hydrogen-bond donors (Lipinski definition) is 2. The molecule has 0 aromatic heterocycles. The number of hydrogen-bond acceptors (Lipinski definition) is 2. The monoisotopic (exact) mass is 282 g/mol. The Balaban J connectivity index is 2.24. The largest absolute Gasteiger partial charge is 0.399 e. The zero-order valence-corrected chi connectivity index (χ0v) is 13.0. The van der Waals surface area contributed by atoms with E-state index in [-0.39, 0.29) is 5.91 Å². The number of rotatable bonds is 3. The van der Waals surface area contributed by atoms with Crippen LogP contribution in [0.25, 0.3) is 0 Å². The van der Waals surface area contributed by atoms with Crippen molar-refractivity contribution < 1.29 is 4.79 Å². The van der Waals surface area contributed by atoms with E-state index in [0.717, 1.165) is 16.8 Å². The molecule has 0 aliphatic heterocycles. The van der Waals surface area contributed by atoms with Crippen LogP contribution < -0.4 is 11.1 Å². The first-order chi connectivity index (χ1) is 9.80. The maximum absolute atomic E-state index is 12.6. The summed E-state index contributed by atoms with van der Waals surface area (Å²) in [5, 5.41) is 3.02. The number of nitrogens with one attached hydrogen (secondary N) is 1. The first-order valence-corrected chi connectivity index (χ1v) is 7.05. The number of carbonyl (C=O) groups excluding carboxylic acids is 1. The third-order valence-corrected chi connectivity index (χ3v) is 3.83. The number of anilines is 2. The van der Waals surface area contributed by atoms with Crippen LogP contribution in [0.3, 0.4) is 0 Å². The highest BCUT2D eigenvalue weighted by molar-refractivity contribution is 5.99. The van der Waals surface area contributed by atoms with Gasteiger partial charge in [-0.3, -0.25) is 4.79 Å². The van der Waals surface area contributed by atoms with Gasteiger partial charge in [-0.15, -0.1) is 0 Å². The molecule has 0 saturated carbocycles. The van der Waals surface area contributed by atoms with Gasteiger partial charge in [-0.25, -0.2) is 0 Å². The minimum absolute atomic E-state index is 0.0285. The normalized spacial score (nSPS) is 11.2. The van der Waals surface area contributed by atoms with Gasteiger partial charge in [-0.2, -0.15) is 0 Å². The third kappa shape index (κ3) is 3.24. The Morgan fingerprint density at radius 3 is 2.24 bits per heavy atom. The molecule has 2 aromatic carbocycles. The van der Waals surface area contributed by atoms with Gasteiger partial charge in [-0.1, -0.05) is 29.8 Å². The Morgan fingerprint density at radius 2 is 1.67 bits per heavy atom. The Hall–Kier alpha value is -2.29. The van der Waals surface area contributed by atoms with E-state index in [2.05, 4.69) is 11.4 Å². The lowest BCUT2D eigenvalue weighted by Crippen LogP contribution is -2.34. The summed E-state index contributed by atoms with van der Waals surface area (Å²) in [7, 11) is 0. The van der Waals surface area contributed by atoms with Gasteiger partial charge < -0.3 is 11.1 Å². The molecular weight excluding hydrogens is 260 g/mol. The van der Waals surface area contributed by atoms with Gasteiger partial charge in [0.15, 0.2) is 0 Å². The smallest absolute Gasteiger partial charge is 0.234 e. The Labute approximate surface area is 126 Å². The van der Waals surface area contributed by atoms with Gasteiger partial charge in [-0.05, 0) is 57.0 Å². The van der Waals surface area contributed by atoms with E-state index < -0.39 is 5.41 Å². The van der Waals surface area contributed by atoms with Gasteiger partial charge >= 0.3 is 0 Å². The summed E-state index contributed by atoms with van der Waals surface area (Å²) in [6.07, 6.45) is 0. The van der Waals surface area contributed by atoms with Crippen molar-refractivity contribution in [3.05, 3.63) is 59.2 Å². The number of benzene rings is 2. The fraction of sp³-hybridized carbons (Fsp3) is 0.278. The molecule has 0 heterocycles. The van der Waals surface area contributed by atoms with E-state index in [1.54, 1.807) is 0 Å². The zero-order valence-electron chi connectivity index (χ0n) is 13.0. The summed E-state index contributed by atoms with van der Waals surface area (Å²) in [6, 6.07) is 13.4. The predicted octanol–water partition coefficient (Wildman–Crippen LogP) is 3.80. The predicted molar refractivity (Wildman–Crippen MR) is 88.4 cm³/mol. The molecule has 0 fully saturated rings. The molecule has 110 valence electrons. The Kier molecular flexibility index (Phi) is 4.03. The molecule has 0 atom stereocenters. The average Bonchev–Trinajstić information content (AvgIpc) is 2.42. The molecule has 0 aliphatic rings. The number of nitrogens with two attached hydrogens (primary N) is 1. The SMILES string of the molecule is Cc1ccc(NC(=O)C(C)(C)c2ccc(N)cc2)c(C)c1. The first kappa shape index (κ1) is 15.1. The van der Waals surface area contributed by atoms with Crippen molar-refractivity contribution in [2.24, 2.45) is 0 Å². The first-order valence-electron chi connectivity index (χ1n) is 7.05. The van der Waals surface area contributed by atoms with E-state index in [9.17, 15) is 4.79 Å². The van der Waals surface area contributed by atoms with Crippen LogP contribution in [0.1, 0.15) is 30.5 Å². The van der Waals surface area contributed by atoms with Crippen LogP contribution in [0.5, 0.6) is 0 Å². The highest BCUT2D eigenvalue weighted by Crippen LogP contribution is 2.27. The second-order valence-corrected chi connectivity index (χ2v) is 6.02. The van der Waals surface area contributed by atoms with E-state index >= 15 is 0 Å². The number of aryl methyl sites for hydroxylation is 2. The fourth-order valence-electron chi connectivity index (χ4n) is 2.26. The summed E-state index contributed by atoms with van der Waals surface area (Å²) in [6.45, 7) is 7.87. The minimum atomic E-state index is -0.620. The van der Waals surface area contributed by atoms with Crippen molar-refractivity contribution in [1.82, 2.24) is 0 Å². The minimum Gasteiger partial charge on any atom is -0.399 e. The molecule has 3 N–H and O–H groups in total. The molecule has 0 bridgehead atoms. The molecule has 1 amide bonds. The van der Waals surface area contributed by atoms with E-state index in [4.69, 9.17) is 5.73 Å². The second-order valence-electron chi connectivity index (χ2n) is 6.02. The Morgan fingerprint density at radius 1 is 1.05 bits per heavy atom. The van der Waals surface area contributed by atoms with Gasteiger partial charge in [0.05, 0.1) is 5.41 Å². The van der Waals surface area contributed by atoms with E-state index in [0.29, 0.717) is 5.69 Å². The molecule has 2 aromatic rings. The second kappa shape index (κ2) is 5.60. The maximum Gasteiger partial charge on any atom is 0.234 e. The van der Waals surface area contributed by atoms with Crippen LogP contribution in [0.2, 0.25) is 0 Å². The number of carbonyl (C=O) groups is 1. The van der Waals surface area contributed by atoms with Crippen molar-refractivity contribution in [2.45, 2.75) is 33.1 Å². The average molecular weight is 282 g/mol. The molecule has 3 heteroatoms. The molecule has 21 heavy (non-hydrogen) atoms. The van der Waals surface area contributed by atoms with Crippen LogP contribution in [-0.2, 0) is 10.2 Å². The molecule has 0 aliphatic carbocycles.